The molecule has 0 saturated heterocycles. The number of aliphatic carboxylic acids is 1. The smallest absolute Gasteiger partial charge is 0.303 e. The Morgan fingerprint density at radius 3 is 2.61 bits per heavy atom. The molecule has 0 aromatic heterocycles. The number of fused-ring (bicyclic) bond motifs is 3. The summed E-state index contributed by atoms with van der Waals surface area (Å²) < 4.78 is 0. The SMILES string of the molecule is C=C1CC2CCC3C(CCCC3(C)CC(=O)O)C2CC[C@@]1(C)O. The largest absolute Gasteiger partial charge is 0.481 e. The average Bonchev–Trinajstić information content (AvgIpc) is 2.55. The van der Waals surface area contributed by atoms with Crippen molar-refractivity contribution in [3.05, 3.63) is 12.2 Å². The lowest BCUT2D eigenvalue weighted by atomic mass is 9.51. The van der Waals surface area contributed by atoms with Gasteiger partial charge in [0.1, 0.15) is 0 Å². The van der Waals surface area contributed by atoms with Gasteiger partial charge in [-0.05, 0) is 86.5 Å². The van der Waals surface area contributed by atoms with Gasteiger partial charge in [0.05, 0.1) is 12.0 Å². The fourth-order valence-corrected chi connectivity index (χ4v) is 6.11. The summed E-state index contributed by atoms with van der Waals surface area (Å²) in [6, 6.07) is 0. The maximum Gasteiger partial charge on any atom is 0.303 e. The summed E-state index contributed by atoms with van der Waals surface area (Å²) >= 11 is 0. The van der Waals surface area contributed by atoms with Crippen LogP contribution >= 0.6 is 0 Å². The standard InChI is InChI=1S/C20H32O3/c1-13-11-14-6-7-17-16(15(14)8-10-20(13,3)23)5-4-9-19(17,2)12-18(21)22/h14-17,23H,1,4-12H2,2-3H3,(H,21,22)/t14?,15?,16?,17?,19?,20-/m1/s1. The molecule has 23 heavy (non-hydrogen) atoms. The van der Waals surface area contributed by atoms with Crippen molar-refractivity contribution in [1.82, 2.24) is 0 Å². The van der Waals surface area contributed by atoms with Gasteiger partial charge in [-0.2, -0.15) is 0 Å². The number of aliphatic hydroxyl groups is 1. The van der Waals surface area contributed by atoms with Crippen LogP contribution < -0.4 is 0 Å². The normalized spacial score (nSPS) is 47.3. The number of hydrogen-bond acceptors (Lipinski definition) is 2. The molecular weight excluding hydrogens is 288 g/mol. The Morgan fingerprint density at radius 2 is 1.91 bits per heavy atom. The lowest BCUT2D eigenvalue weighted by Crippen LogP contribution is -2.46. The Labute approximate surface area is 140 Å². The van der Waals surface area contributed by atoms with Gasteiger partial charge in [0.15, 0.2) is 0 Å². The molecule has 0 heterocycles. The van der Waals surface area contributed by atoms with Gasteiger partial charge in [0.2, 0.25) is 0 Å². The zero-order chi connectivity index (χ0) is 16.8. The fraction of sp³-hybridized carbons (Fsp3) is 0.850. The fourth-order valence-electron chi connectivity index (χ4n) is 6.11. The van der Waals surface area contributed by atoms with Crippen molar-refractivity contribution in [2.75, 3.05) is 0 Å². The summed E-state index contributed by atoms with van der Waals surface area (Å²) in [5.41, 5.74) is 0.254. The van der Waals surface area contributed by atoms with Gasteiger partial charge < -0.3 is 10.2 Å². The summed E-state index contributed by atoms with van der Waals surface area (Å²) in [5, 5.41) is 20.0. The highest BCUT2D eigenvalue weighted by atomic mass is 16.4. The molecule has 0 aliphatic heterocycles. The molecule has 3 rings (SSSR count). The molecule has 5 unspecified atom stereocenters. The van der Waals surface area contributed by atoms with Crippen molar-refractivity contribution in [1.29, 1.82) is 0 Å². The molecular formula is C20H32O3. The minimum Gasteiger partial charge on any atom is -0.481 e. The monoisotopic (exact) mass is 320 g/mol. The van der Waals surface area contributed by atoms with Gasteiger partial charge in [0, 0.05) is 0 Å². The second kappa shape index (κ2) is 5.91. The van der Waals surface area contributed by atoms with E-state index in [4.69, 9.17) is 0 Å². The van der Waals surface area contributed by atoms with Crippen LogP contribution in [0.5, 0.6) is 0 Å². The first-order valence-electron chi connectivity index (χ1n) is 9.35. The first-order valence-corrected chi connectivity index (χ1v) is 9.35. The average molecular weight is 320 g/mol. The predicted molar refractivity (Wildman–Crippen MR) is 91.0 cm³/mol. The third-order valence-corrected chi connectivity index (χ3v) is 7.49. The second-order valence-corrected chi connectivity index (χ2v) is 9.01. The van der Waals surface area contributed by atoms with E-state index in [2.05, 4.69) is 13.5 Å². The molecule has 3 saturated carbocycles. The summed E-state index contributed by atoms with van der Waals surface area (Å²) in [4.78, 5) is 11.4. The van der Waals surface area contributed by atoms with E-state index in [1.54, 1.807) is 0 Å². The quantitative estimate of drug-likeness (QED) is 0.741. The third kappa shape index (κ3) is 3.09. The number of carboxylic acid groups (broad SMARTS) is 1. The van der Waals surface area contributed by atoms with Gasteiger partial charge in [-0.3, -0.25) is 4.79 Å². The molecule has 0 spiro atoms. The second-order valence-electron chi connectivity index (χ2n) is 9.01. The van der Waals surface area contributed by atoms with Crippen molar-refractivity contribution < 1.29 is 15.0 Å². The molecule has 3 aliphatic rings. The van der Waals surface area contributed by atoms with E-state index in [1.807, 2.05) is 6.92 Å². The highest BCUT2D eigenvalue weighted by Crippen LogP contribution is 2.58. The van der Waals surface area contributed by atoms with E-state index in [9.17, 15) is 15.0 Å². The van der Waals surface area contributed by atoms with Crippen LogP contribution in [0.15, 0.2) is 12.2 Å². The summed E-state index contributed by atoms with van der Waals surface area (Å²) in [5.74, 6) is 1.84. The lowest BCUT2D eigenvalue weighted by molar-refractivity contribution is -0.143. The van der Waals surface area contributed by atoms with Gasteiger partial charge in [0.25, 0.3) is 0 Å². The van der Waals surface area contributed by atoms with Crippen molar-refractivity contribution in [2.24, 2.45) is 29.1 Å². The Morgan fingerprint density at radius 1 is 1.17 bits per heavy atom. The van der Waals surface area contributed by atoms with E-state index in [0.29, 0.717) is 30.1 Å². The molecule has 6 atom stereocenters. The minimum atomic E-state index is -0.716. The van der Waals surface area contributed by atoms with E-state index in [1.165, 1.54) is 12.8 Å². The Kier molecular flexibility index (Phi) is 4.37. The molecule has 0 amide bonds. The highest BCUT2D eigenvalue weighted by molar-refractivity contribution is 5.67. The van der Waals surface area contributed by atoms with Crippen molar-refractivity contribution in [2.45, 2.75) is 77.2 Å². The number of rotatable bonds is 2. The first-order chi connectivity index (χ1) is 10.7. The Balaban J connectivity index is 1.83. The van der Waals surface area contributed by atoms with Gasteiger partial charge >= 0.3 is 5.97 Å². The number of hydrogen-bond donors (Lipinski definition) is 2. The molecule has 130 valence electrons. The van der Waals surface area contributed by atoms with Crippen LogP contribution in [0.3, 0.4) is 0 Å². The van der Waals surface area contributed by atoms with Crippen LogP contribution in [0.4, 0.5) is 0 Å². The highest BCUT2D eigenvalue weighted by Gasteiger charge is 2.51. The molecule has 0 aromatic carbocycles. The molecule has 3 fully saturated rings. The molecule has 3 heteroatoms. The molecule has 0 bridgehead atoms. The van der Waals surface area contributed by atoms with Crippen LogP contribution in [0.2, 0.25) is 0 Å². The van der Waals surface area contributed by atoms with Crippen LogP contribution in [0, 0.1) is 29.1 Å². The summed E-state index contributed by atoms with van der Waals surface area (Å²) in [6.45, 7) is 8.29. The van der Waals surface area contributed by atoms with E-state index < -0.39 is 11.6 Å². The van der Waals surface area contributed by atoms with Crippen LogP contribution in [0.1, 0.15) is 71.6 Å². The summed E-state index contributed by atoms with van der Waals surface area (Å²) in [6.07, 6.45) is 8.95. The maximum atomic E-state index is 11.4. The summed E-state index contributed by atoms with van der Waals surface area (Å²) in [7, 11) is 0. The third-order valence-electron chi connectivity index (χ3n) is 7.49. The molecule has 0 radical (unpaired) electrons. The molecule has 3 nitrogen and oxygen atoms in total. The first kappa shape index (κ1) is 17.0. The molecule has 3 aliphatic carbocycles. The van der Waals surface area contributed by atoms with Gasteiger partial charge in [-0.25, -0.2) is 0 Å². The molecule has 2 N–H and O–H groups in total. The maximum absolute atomic E-state index is 11.4. The van der Waals surface area contributed by atoms with Crippen molar-refractivity contribution in [3.8, 4) is 0 Å². The molecule has 0 aromatic rings. The van der Waals surface area contributed by atoms with Crippen LogP contribution in [-0.4, -0.2) is 21.8 Å². The van der Waals surface area contributed by atoms with Gasteiger partial charge in [-0.15, -0.1) is 0 Å². The van der Waals surface area contributed by atoms with E-state index in [-0.39, 0.29) is 5.41 Å². The Bertz CT molecular complexity index is 495. The van der Waals surface area contributed by atoms with Crippen molar-refractivity contribution in [3.63, 3.8) is 0 Å². The van der Waals surface area contributed by atoms with E-state index >= 15 is 0 Å². The van der Waals surface area contributed by atoms with Crippen molar-refractivity contribution >= 4 is 5.97 Å². The Hall–Kier alpha value is -0.830. The number of carbonyl (C=O) groups is 1. The van der Waals surface area contributed by atoms with E-state index in [0.717, 1.165) is 44.1 Å². The lowest BCUT2D eigenvalue weighted by Gasteiger charge is -2.53. The zero-order valence-electron chi connectivity index (χ0n) is 14.7. The van der Waals surface area contributed by atoms with Gasteiger partial charge in [-0.1, -0.05) is 19.9 Å². The topological polar surface area (TPSA) is 57.5 Å². The predicted octanol–water partition coefficient (Wildman–Crippen LogP) is 4.40. The number of carboxylic acids is 1. The van der Waals surface area contributed by atoms with Crippen LogP contribution in [0.25, 0.3) is 0 Å². The zero-order valence-corrected chi connectivity index (χ0v) is 14.7. The van der Waals surface area contributed by atoms with Crippen LogP contribution in [-0.2, 0) is 4.79 Å². The minimum absolute atomic E-state index is 0.0362.